The lowest BCUT2D eigenvalue weighted by Crippen LogP contribution is -2.74. The molecule has 0 aliphatic carbocycles. The van der Waals surface area contributed by atoms with Crippen molar-refractivity contribution < 1.29 is 97.8 Å². The summed E-state index contributed by atoms with van der Waals surface area (Å²) in [6, 6.07) is -0.965. The summed E-state index contributed by atoms with van der Waals surface area (Å²) in [6.07, 6.45) is 0. The van der Waals surface area contributed by atoms with E-state index in [9.17, 15) is 33.9 Å². The van der Waals surface area contributed by atoms with E-state index in [2.05, 4.69) is 9.10 Å². The van der Waals surface area contributed by atoms with Gasteiger partial charge in [0.25, 0.3) is 0 Å². The highest BCUT2D eigenvalue weighted by atomic mass is 28.5. The topological polar surface area (TPSA) is 298 Å². The number of carboxylic acids is 1. The maximum atomic E-state index is 11.6. The third-order valence-corrected chi connectivity index (χ3v) is 31.9. The molecular formula is C12H37Al2NO23Si7. The fourth-order valence-corrected chi connectivity index (χ4v) is 30.5. The van der Waals surface area contributed by atoms with E-state index in [0.717, 1.165) is 42.7 Å². The van der Waals surface area contributed by atoms with Gasteiger partial charge in [-0.05, 0) is 19.5 Å². The largest absolute Gasteiger partial charge is 0.886 e. The van der Waals surface area contributed by atoms with Crippen LogP contribution in [0, 0.1) is 0 Å². The molecule has 0 radical (unpaired) electrons. The summed E-state index contributed by atoms with van der Waals surface area (Å²) < 4.78 is 87.0. The highest BCUT2D eigenvalue weighted by Crippen LogP contribution is 2.31. The van der Waals surface area contributed by atoms with E-state index in [4.69, 9.17) is 59.8 Å². The second-order valence-electron chi connectivity index (χ2n) is 8.83. The normalized spacial score (nSPS) is 28.5. The Labute approximate surface area is 275 Å². The molecule has 2 rings (SSSR count). The van der Waals surface area contributed by atoms with Crippen molar-refractivity contribution in [3.63, 3.8) is 0 Å². The van der Waals surface area contributed by atoms with Crippen LogP contribution in [0.4, 0.5) is 0 Å². The molecule has 2 bridgehead atoms. The van der Waals surface area contributed by atoms with Crippen LogP contribution in [-0.2, 0) is 68.7 Å². The van der Waals surface area contributed by atoms with Crippen molar-refractivity contribution in [2.75, 3.05) is 42.7 Å². The fraction of sp³-hybridized carbons (Fsp3) is 0.917. The minimum absolute atomic E-state index is 0.173. The quantitative estimate of drug-likeness (QED) is 0.0906. The second kappa shape index (κ2) is 16.5. The number of rotatable bonds is 12. The van der Waals surface area contributed by atoms with Gasteiger partial charge in [0.1, 0.15) is 0 Å². The zero-order valence-corrected chi connectivity index (χ0v) is 34.9. The molecule has 262 valence electrons. The van der Waals surface area contributed by atoms with Crippen LogP contribution in [0.3, 0.4) is 0 Å². The Hall–Kier alpha value is 1.17. The van der Waals surface area contributed by atoms with E-state index in [1.807, 2.05) is 0 Å². The number of carboxylic acid groups (broad SMARTS) is 1. The van der Waals surface area contributed by atoms with Gasteiger partial charge in [-0.15, -0.1) is 0 Å². The monoisotopic (exact) mass is 813 g/mol. The number of nitrogens with one attached hydrogen (secondary N) is 1. The Morgan fingerprint density at radius 2 is 1.18 bits per heavy atom. The zero-order valence-electron chi connectivity index (χ0n) is 25.6. The molecule has 2 unspecified atom stereocenters. The van der Waals surface area contributed by atoms with Crippen molar-refractivity contribution in [2.45, 2.75) is 32.5 Å². The molecular weight excluding hydrogens is 777 g/mol. The summed E-state index contributed by atoms with van der Waals surface area (Å²) in [5.74, 6) is -1.22. The molecule has 2 aliphatic rings. The van der Waals surface area contributed by atoms with Crippen molar-refractivity contribution in [3.05, 3.63) is 0 Å². The Morgan fingerprint density at radius 3 is 1.60 bits per heavy atom. The van der Waals surface area contributed by atoms with Gasteiger partial charge in [0, 0.05) is 42.7 Å². The standard InChI is InChI=1S/C6H14NO3Si.C6H18O10Si3.2Al.H5O10Si3/c1-4-11(3,10)7-5(2)6(8)9;1-9-17(7,10-2)15-19(13-5,14-6)16-18(8,11-3)12-4;;;1-11(2,3)9-13(7,8)10-12(4,5)6/h5,7H,4H2,1-3H3,(H,8,9);1-6H3;;;1-2,4-5,7H/q-1;-2;2*+3;-3/t5?,11-;;;;/m1..../s1. The first kappa shape index (κ1) is 42.3. The van der Waals surface area contributed by atoms with Crippen molar-refractivity contribution in [1.82, 2.24) is 4.98 Å². The molecule has 0 aromatic rings. The van der Waals surface area contributed by atoms with Gasteiger partial charge < -0.3 is 97.9 Å². The number of hydrogen-bond donors (Lipinski definition) is 7. The van der Waals surface area contributed by atoms with E-state index in [1.165, 1.54) is 13.5 Å². The summed E-state index contributed by atoms with van der Waals surface area (Å²) in [7, 11) is -27.7. The molecule has 2 aliphatic heterocycles. The van der Waals surface area contributed by atoms with E-state index in [0.29, 0.717) is 0 Å². The van der Waals surface area contributed by atoms with Gasteiger partial charge in [-0.1, -0.05) is 6.92 Å². The van der Waals surface area contributed by atoms with Crippen LogP contribution in [0.25, 0.3) is 0 Å². The molecule has 0 aromatic heterocycles. The fourth-order valence-electron chi connectivity index (χ4n) is 3.31. The number of carbonyl (C=O) groups is 1. The predicted molar refractivity (Wildman–Crippen MR) is 152 cm³/mol. The molecule has 7 N–H and O–H groups in total. The summed E-state index contributed by atoms with van der Waals surface area (Å²) >= 11 is -8.32. The molecule has 2 saturated heterocycles. The predicted octanol–water partition coefficient (Wildman–Crippen LogP) is -5.24. The molecule has 2 fully saturated rings. The maximum absolute atomic E-state index is 11.6. The smallest absolute Gasteiger partial charge is 0.488 e. The van der Waals surface area contributed by atoms with Gasteiger partial charge >= 0.3 is 90.6 Å². The van der Waals surface area contributed by atoms with E-state index in [1.54, 1.807) is 6.92 Å². The third-order valence-electron chi connectivity index (χ3n) is 5.67. The molecule has 0 saturated carbocycles. The van der Waals surface area contributed by atoms with E-state index < -0.39 is 105 Å². The first-order chi connectivity index (χ1) is 20.7. The molecule has 33 heteroatoms. The summed E-state index contributed by atoms with van der Waals surface area (Å²) in [5.41, 5.74) is 0. The van der Waals surface area contributed by atoms with Gasteiger partial charge in [0.05, 0.1) is 6.04 Å². The zero-order chi connectivity index (χ0) is 34.5. The minimum Gasteiger partial charge on any atom is -0.488 e. The minimum atomic E-state index is -5.76. The van der Waals surface area contributed by atoms with Crippen LogP contribution in [0.2, 0.25) is 12.6 Å². The molecule has 0 spiro atoms. The first-order valence-corrected chi connectivity index (χ1v) is 27.9. The average Bonchev–Trinajstić information content (AvgIpc) is 2.93. The summed E-state index contributed by atoms with van der Waals surface area (Å²) in [5, 5.41) is 9.44. The Kier molecular flexibility index (Phi) is 15.5. The van der Waals surface area contributed by atoms with E-state index >= 15 is 0 Å². The van der Waals surface area contributed by atoms with Gasteiger partial charge in [0.2, 0.25) is 8.48 Å². The lowest BCUT2D eigenvalue weighted by Gasteiger charge is -2.42. The SMILES string of the molecule is CC[Si@](C)(NC(C)C(=O)O)[O][Al]1[O][Si](O)(O)O[Si]2(O)[O][Al]([O][Si](O)(O)O2)[O][Si](OC)(OC)O[Si](OC)(OC)O[Si](OC)(OC)[O]1. The van der Waals surface area contributed by atoms with Crippen LogP contribution in [-0.4, -0.2) is 177 Å². The molecule has 2 heterocycles. The number of fused-ring (bicyclic) bond motifs is 2. The lowest BCUT2D eigenvalue weighted by atomic mass is 10.4. The van der Waals surface area contributed by atoms with Crippen molar-refractivity contribution >= 4 is 99.0 Å². The maximum Gasteiger partial charge on any atom is 0.886 e. The molecule has 3 atom stereocenters. The molecule has 24 nitrogen and oxygen atoms in total. The van der Waals surface area contributed by atoms with Crippen molar-refractivity contribution in [2.24, 2.45) is 0 Å². The van der Waals surface area contributed by atoms with Crippen LogP contribution in [0.1, 0.15) is 13.8 Å². The highest BCUT2D eigenvalue weighted by Gasteiger charge is 2.74. The van der Waals surface area contributed by atoms with Gasteiger partial charge in [-0.3, -0.25) is 4.79 Å². The van der Waals surface area contributed by atoms with Gasteiger partial charge in [-0.25, -0.2) is 0 Å². The number of hydrogen-bond acceptors (Lipinski definition) is 23. The third kappa shape index (κ3) is 11.6. The summed E-state index contributed by atoms with van der Waals surface area (Å²) in [6.45, 7) is 4.52. The Bertz CT molecular complexity index is 983. The lowest BCUT2D eigenvalue weighted by molar-refractivity contribution is -0.138. The summed E-state index contributed by atoms with van der Waals surface area (Å²) in [4.78, 5) is 67.6. The van der Waals surface area contributed by atoms with Crippen molar-refractivity contribution in [1.29, 1.82) is 0 Å². The Balaban J connectivity index is 2.75. The van der Waals surface area contributed by atoms with Crippen molar-refractivity contribution in [3.8, 4) is 0 Å². The first-order valence-electron chi connectivity index (χ1n) is 12.5. The molecule has 0 aromatic carbocycles. The second-order valence-corrected chi connectivity index (χ2v) is 31.1. The number of aliphatic carboxylic acids is 1. The Morgan fingerprint density at radius 1 is 0.733 bits per heavy atom. The molecule has 0 amide bonds. The van der Waals surface area contributed by atoms with Crippen LogP contribution >= 0.6 is 0 Å². The highest BCUT2D eigenvalue weighted by molar-refractivity contribution is 6.85. The van der Waals surface area contributed by atoms with Gasteiger partial charge in [-0.2, -0.15) is 0 Å². The average molecular weight is 814 g/mol. The van der Waals surface area contributed by atoms with Gasteiger partial charge in [0.15, 0.2) is 0 Å². The van der Waals surface area contributed by atoms with E-state index in [-0.39, 0.29) is 6.04 Å². The van der Waals surface area contributed by atoms with Crippen LogP contribution < -0.4 is 4.98 Å². The van der Waals surface area contributed by atoms with Crippen LogP contribution in [0.15, 0.2) is 0 Å². The van der Waals surface area contributed by atoms with Crippen LogP contribution in [0.5, 0.6) is 0 Å². The molecule has 45 heavy (non-hydrogen) atoms.